The highest BCUT2D eigenvalue weighted by Gasteiger charge is 2.29. The normalized spacial score (nSPS) is 17.5. The molecule has 0 fully saturated rings. The van der Waals surface area contributed by atoms with Crippen molar-refractivity contribution in [1.82, 2.24) is 18.7 Å². The number of rotatable bonds is 3. The Hall–Kier alpha value is -2.38. The molecular formula is C16H24N6O2. The number of hydrogen-bond acceptors (Lipinski definition) is 5. The molecule has 0 saturated heterocycles. The fourth-order valence-electron chi connectivity index (χ4n) is 3.06. The van der Waals surface area contributed by atoms with E-state index in [1.165, 1.54) is 9.13 Å². The number of hydrogen-bond donors (Lipinski definition) is 0. The van der Waals surface area contributed by atoms with Gasteiger partial charge in [0.15, 0.2) is 11.2 Å². The van der Waals surface area contributed by atoms with Crippen LogP contribution >= 0.6 is 0 Å². The number of nitrogens with zero attached hydrogens (tertiary/aromatic N) is 6. The van der Waals surface area contributed by atoms with E-state index in [-0.39, 0.29) is 17.3 Å². The average Bonchev–Trinajstić information content (AvgIpc) is 2.91. The SMILES string of the molecule is CC1=NN(C)c2nc3c(c(=O)n(CCC(C)C)c(=O)n3C)n2[C@@H]1C. The van der Waals surface area contributed by atoms with Gasteiger partial charge in [0.1, 0.15) is 0 Å². The van der Waals surface area contributed by atoms with Gasteiger partial charge in [0, 0.05) is 20.6 Å². The van der Waals surface area contributed by atoms with Gasteiger partial charge in [-0.25, -0.2) is 9.80 Å². The summed E-state index contributed by atoms with van der Waals surface area (Å²) < 4.78 is 4.66. The summed E-state index contributed by atoms with van der Waals surface area (Å²) in [6.07, 6.45) is 0.775. The number of hydrazone groups is 1. The van der Waals surface area contributed by atoms with Crippen LogP contribution in [0.3, 0.4) is 0 Å². The Kier molecular flexibility index (Phi) is 3.85. The molecule has 2 aromatic rings. The summed E-state index contributed by atoms with van der Waals surface area (Å²) in [7, 11) is 3.45. The molecule has 1 atom stereocenters. The topological polar surface area (TPSA) is 77.4 Å². The van der Waals surface area contributed by atoms with Crippen LogP contribution in [-0.2, 0) is 13.6 Å². The number of fused-ring (bicyclic) bond motifs is 3. The molecule has 0 N–H and O–H groups in total. The van der Waals surface area contributed by atoms with Gasteiger partial charge in [0.25, 0.3) is 5.56 Å². The molecule has 0 radical (unpaired) electrons. The fraction of sp³-hybridized carbons (Fsp3) is 0.625. The van der Waals surface area contributed by atoms with Gasteiger partial charge in [-0.1, -0.05) is 13.8 Å². The molecule has 8 heteroatoms. The molecule has 0 bridgehead atoms. The second-order valence-electron chi connectivity index (χ2n) is 6.88. The lowest BCUT2D eigenvalue weighted by molar-refractivity contribution is 0.487. The van der Waals surface area contributed by atoms with Crippen molar-refractivity contribution < 1.29 is 0 Å². The van der Waals surface area contributed by atoms with Gasteiger partial charge in [0.05, 0.1) is 11.8 Å². The number of aromatic nitrogens is 4. The molecule has 8 nitrogen and oxygen atoms in total. The summed E-state index contributed by atoms with van der Waals surface area (Å²) in [5.41, 5.74) is 1.17. The summed E-state index contributed by atoms with van der Waals surface area (Å²) in [4.78, 5) is 30.1. The minimum atomic E-state index is -0.323. The van der Waals surface area contributed by atoms with Crippen LogP contribution in [0.15, 0.2) is 14.7 Å². The Morgan fingerprint density at radius 1 is 1.21 bits per heavy atom. The third-order valence-electron chi connectivity index (χ3n) is 4.68. The zero-order chi connectivity index (χ0) is 17.8. The van der Waals surface area contributed by atoms with Crippen molar-refractivity contribution >= 4 is 22.8 Å². The van der Waals surface area contributed by atoms with Crippen molar-refractivity contribution in [2.45, 2.75) is 46.7 Å². The maximum Gasteiger partial charge on any atom is 0.332 e. The minimum absolute atomic E-state index is 0.0787. The molecule has 1 aliphatic heterocycles. The first kappa shape index (κ1) is 16.5. The quantitative estimate of drug-likeness (QED) is 0.849. The lowest BCUT2D eigenvalue weighted by Crippen LogP contribution is -2.40. The third-order valence-corrected chi connectivity index (χ3v) is 4.68. The lowest BCUT2D eigenvalue weighted by atomic mass is 10.1. The molecule has 0 spiro atoms. The second kappa shape index (κ2) is 5.61. The monoisotopic (exact) mass is 332 g/mol. The first-order valence-electron chi connectivity index (χ1n) is 8.24. The molecule has 3 rings (SSSR count). The van der Waals surface area contributed by atoms with Gasteiger partial charge in [0.2, 0.25) is 5.95 Å². The predicted molar refractivity (Wildman–Crippen MR) is 94.9 cm³/mol. The number of imidazole rings is 1. The molecule has 2 aromatic heterocycles. The van der Waals surface area contributed by atoms with E-state index in [2.05, 4.69) is 23.9 Å². The van der Waals surface area contributed by atoms with E-state index in [4.69, 9.17) is 0 Å². The zero-order valence-corrected chi connectivity index (χ0v) is 15.1. The van der Waals surface area contributed by atoms with E-state index >= 15 is 0 Å². The smallest absolute Gasteiger partial charge is 0.294 e. The van der Waals surface area contributed by atoms with Gasteiger partial charge in [-0.2, -0.15) is 10.1 Å². The molecule has 3 heterocycles. The Bertz CT molecular complexity index is 946. The maximum atomic E-state index is 13.0. The summed E-state index contributed by atoms with van der Waals surface area (Å²) in [5, 5.41) is 6.08. The number of aryl methyl sites for hydroxylation is 1. The standard InChI is InChI=1S/C16H24N6O2/c1-9(2)7-8-21-14(23)12-13(19(5)16(21)24)17-15-20(6)18-10(3)11(4)22(12)15/h9,11H,7-8H2,1-6H3/t11-/m1/s1. The zero-order valence-electron chi connectivity index (χ0n) is 15.1. The van der Waals surface area contributed by atoms with Crippen LogP contribution in [0.25, 0.3) is 11.2 Å². The first-order valence-corrected chi connectivity index (χ1v) is 8.24. The molecular weight excluding hydrogens is 308 g/mol. The van der Waals surface area contributed by atoms with Crippen molar-refractivity contribution in [3.63, 3.8) is 0 Å². The van der Waals surface area contributed by atoms with Gasteiger partial charge in [-0.3, -0.25) is 18.5 Å². The third kappa shape index (κ3) is 2.28. The van der Waals surface area contributed by atoms with Gasteiger partial charge < -0.3 is 0 Å². The van der Waals surface area contributed by atoms with Crippen LogP contribution < -0.4 is 16.3 Å². The number of anilines is 1. The van der Waals surface area contributed by atoms with Crippen LogP contribution in [0.4, 0.5) is 5.95 Å². The second-order valence-corrected chi connectivity index (χ2v) is 6.88. The summed E-state index contributed by atoms with van der Waals surface area (Å²) in [6.45, 7) is 8.47. The molecule has 1 aliphatic rings. The van der Waals surface area contributed by atoms with Crippen molar-refractivity contribution in [3.8, 4) is 0 Å². The first-order chi connectivity index (χ1) is 11.2. The van der Waals surface area contributed by atoms with Crippen molar-refractivity contribution in [3.05, 3.63) is 20.8 Å². The van der Waals surface area contributed by atoms with Crippen LogP contribution in [0.2, 0.25) is 0 Å². The Balaban J connectivity index is 2.34. The minimum Gasteiger partial charge on any atom is -0.294 e. The molecule has 130 valence electrons. The molecule has 0 aliphatic carbocycles. The Labute approximate surface area is 140 Å². The van der Waals surface area contributed by atoms with E-state index < -0.39 is 0 Å². The maximum absolute atomic E-state index is 13.0. The van der Waals surface area contributed by atoms with Crippen molar-refractivity contribution in [2.75, 3.05) is 12.1 Å². The fourth-order valence-corrected chi connectivity index (χ4v) is 3.06. The van der Waals surface area contributed by atoms with E-state index in [9.17, 15) is 9.59 Å². The van der Waals surface area contributed by atoms with Crippen LogP contribution in [0.1, 0.15) is 40.2 Å². The van der Waals surface area contributed by atoms with Gasteiger partial charge in [-0.05, 0) is 26.2 Å². The summed E-state index contributed by atoms with van der Waals surface area (Å²) in [5.74, 6) is 0.993. The highest BCUT2D eigenvalue weighted by atomic mass is 16.2. The molecule has 24 heavy (non-hydrogen) atoms. The van der Waals surface area contributed by atoms with Gasteiger partial charge >= 0.3 is 5.69 Å². The van der Waals surface area contributed by atoms with E-state index in [1.807, 2.05) is 18.4 Å². The predicted octanol–water partition coefficient (Wildman–Crippen LogP) is 1.33. The largest absolute Gasteiger partial charge is 0.332 e. The summed E-state index contributed by atoms with van der Waals surface area (Å²) >= 11 is 0. The molecule has 0 unspecified atom stereocenters. The lowest BCUT2D eigenvalue weighted by Gasteiger charge is -2.26. The van der Waals surface area contributed by atoms with E-state index in [0.29, 0.717) is 29.6 Å². The van der Waals surface area contributed by atoms with Crippen LogP contribution in [0, 0.1) is 5.92 Å². The Morgan fingerprint density at radius 2 is 1.88 bits per heavy atom. The molecule has 0 saturated carbocycles. The highest BCUT2D eigenvalue weighted by Crippen LogP contribution is 2.28. The van der Waals surface area contributed by atoms with E-state index in [1.54, 1.807) is 19.1 Å². The molecule has 0 aromatic carbocycles. The van der Waals surface area contributed by atoms with Crippen LogP contribution in [-0.4, -0.2) is 31.4 Å². The van der Waals surface area contributed by atoms with Crippen LogP contribution in [0.5, 0.6) is 0 Å². The summed E-state index contributed by atoms with van der Waals surface area (Å²) in [6, 6.07) is -0.0787. The van der Waals surface area contributed by atoms with Crippen molar-refractivity contribution in [2.24, 2.45) is 18.1 Å². The molecule has 0 amide bonds. The van der Waals surface area contributed by atoms with E-state index in [0.717, 1.165) is 12.1 Å². The highest BCUT2D eigenvalue weighted by molar-refractivity contribution is 5.90. The van der Waals surface area contributed by atoms with Crippen molar-refractivity contribution in [1.29, 1.82) is 0 Å². The van der Waals surface area contributed by atoms with Gasteiger partial charge in [-0.15, -0.1) is 0 Å². The average molecular weight is 332 g/mol. The Morgan fingerprint density at radius 3 is 2.50 bits per heavy atom.